The molecule has 126 valence electrons. The maximum atomic E-state index is 12.8. The van der Waals surface area contributed by atoms with Gasteiger partial charge in [0.25, 0.3) is 0 Å². The largest absolute Gasteiger partial charge is 0.416 e. The molecule has 1 aromatic carbocycles. The van der Waals surface area contributed by atoms with Crippen LogP contribution in [0.2, 0.25) is 0 Å². The lowest BCUT2D eigenvalue weighted by Crippen LogP contribution is -2.38. The molecule has 1 aliphatic rings. The van der Waals surface area contributed by atoms with Gasteiger partial charge in [-0.15, -0.1) is 0 Å². The molecule has 0 radical (unpaired) electrons. The number of nitrogens with one attached hydrogen (secondary N) is 1. The van der Waals surface area contributed by atoms with Crippen LogP contribution in [0, 0.1) is 5.92 Å². The van der Waals surface area contributed by atoms with Crippen LogP contribution >= 0.6 is 0 Å². The quantitative estimate of drug-likeness (QED) is 0.924. The predicted molar refractivity (Wildman–Crippen MR) is 79.8 cm³/mol. The lowest BCUT2D eigenvalue weighted by atomic mass is 10.1. The minimum absolute atomic E-state index is 0.000194. The summed E-state index contributed by atoms with van der Waals surface area (Å²) in [4.78, 5) is 25.4. The summed E-state index contributed by atoms with van der Waals surface area (Å²) in [6, 6.07) is 4.60. The Labute approximate surface area is 132 Å². The highest BCUT2D eigenvalue weighted by Gasteiger charge is 2.37. The highest BCUT2D eigenvalue weighted by Crippen LogP contribution is 2.33. The van der Waals surface area contributed by atoms with Gasteiger partial charge in [-0.1, -0.05) is 13.0 Å². The van der Waals surface area contributed by atoms with E-state index in [2.05, 4.69) is 5.32 Å². The van der Waals surface area contributed by atoms with Gasteiger partial charge in [0, 0.05) is 24.7 Å². The standard InChI is InChI=1S/C16H19F3N2O2/c1-3-10(2)20-15(23)11-7-14(22)21(9-11)13-6-4-5-12(8-13)16(17,18)19/h4-6,8,10-11H,3,7,9H2,1-2H3,(H,20,23)/t10-,11-/m1/s1. The zero-order valence-corrected chi connectivity index (χ0v) is 13.0. The Morgan fingerprint density at radius 3 is 2.74 bits per heavy atom. The Bertz CT molecular complexity index is 601. The van der Waals surface area contributed by atoms with Gasteiger partial charge in [-0.05, 0) is 31.5 Å². The van der Waals surface area contributed by atoms with Gasteiger partial charge in [-0.25, -0.2) is 0 Å². The maximum absolute atomic E-state index is 12.8. The molecule has 0 spiro atoms. The van der Waals surface area contributed by atoms with Crippen LogP contribution < -0.4 is 10.2 Å². The monoisotopic (exact) mass is 328 g/mol. The van der Waals surface area contributed by atoms with Crippen molar-refractivity contribution in [1.29, 1.82) is 0 Å². The minimum Gasteiger partial charge on any atom is -0.353 e. The van der Waals surface area contributed by atoms with E-state index in [0.29, 0.717) is 0 Å². The summed E-state index contributed by atoms with van der Waals surface area (Å²) in [6.45, 7) is 3.89. The van der Waals surface area contributed by atoms with Crippen molar-refractivity contribution in [1.82, 2.24) is 5.32 Å². The third-order valence-electron chi connectivity index (χ3n) is 3.98. The van der Waals surface area contributed by atoms with Crippen molar-refractivity contribution in [2.45, 2.75) is 38.9 Å². The highest BCUT2D eigenvalue weighted by atomic mass is 19.4. The molecule has 2 rings (SSSR count). The van der Waals surface area contributed by atoms with Gasteiger partial charge in [0.1, 0.15) is 0 Å². The van der Waals surface area contributed by atoms with Crippen molar-refractivity contribution >= 4 is 17.5 Å². The smallest absolute Gasteiger partial charge is 0.353 e. The van der Waals surface area contributed by atoms with E-state index in [9.17, 15) is 22.8 Å². The van der Waals surface area contributed by atoms with Crippen LogP contribution in [0.4, 0.5) is 18.9 Å². The summed E-state index contributed by atoms with van der Waals surface area (Å²) in [5.41, 5.74) is -0.640. The molecule has 1 aliphatic heterocycles. The topological polar surface area (TPSA) is 49.4 Å². The SMILES string of the molecule is CC[C@@H](C)NC(=O)[C@@H]1CC(=O)N(c2cccc(C(F)(F)F)c2)C1. The van der Waals surface area contributed by atoms with E-state index in [1.165, 1.54) is 17.0 Å². The van der Waals surface area contributed by atoms with Crippen molar-refractivity contribution in [2.24, 2.45) is 5.92 Å². The van der Waals surface area contributed by atoms with Gasteiger partial charge >= 0.3 is 6.18 Å². The third-order valence-corrected chi connectivity index (χ3v) is 3.98. The minimum atomic E-state index is -4.47. The van der Waals surface area contributed by atoms with Crippen molar-refractivity contribution in [3.8, 4) is 0 Å². The molecule has 1 heterocycles. The normalized spacial score (nSPS) is 19.8. The first kappa shape index (κ1) is 17.3. The first-order valence-electron chi connectivity index (χ1n) is 7.50. The van der Waals surface area contributed by atoms with E-state index < -0.39 is 17.7 Å². The number of hydrogen-bond acceptors (Lipinski definition) is 2. The number of anilines is 1. The van der Waals surface area contributed by atoms with E-state index in [1.807, 2.05) is 13.8 Å². The highest BCUT2D eigenvalue weighted by molar-refractivity contribution is 6.00. The maximum Gasteiger partial charge on any atom is 0.416 e. The average Bonchev–Trinajstić information content (AvgIpc) is 2.88. The van der Waals surface area contributed by atoms with Crippen molar-refractivity contribution in [3.05, 3.63) is 29.8 Å². The van der Waals surface area contributed by atoms with Crippen molar-refractivity contribution < 1.29 is 22.8 Å². The summed E-state index contributed by atoms with van der Waals surface area (Å²) >= 11 is 0. The van der Waals surface area contributed by atoms with Gasteiger partial charge in [0.05, 0.1) is 11.5 Å². The van der Waals surface area contributed by atoms with Crippen LogP contribution in [-0.4, -0.2) is 24.4 Å². The first-order valence-corrected chi connectivity index (χ1v) is 7.50. The molecule has 2 amide bonds. The summed E-state index contributed by atoms with van der Waals surface area (Å²) < 4.78 is 38.3. The van der Waals surface area contributed by atoms with Crippen LogP contribution in [0.25, 0.3) is 0 Å². The lowest BCUT2D eigenvalue weighted by Gasteiger charge is -2.19. The van der Waals surface area contributed by atoms with Crippen molar-refractivity contribution in [3.63, 3.8) is 0 Å². The van der Waals surface area contributed by atoms with Gasteiger partial charge in [0.15, 0.2) is 0 Å². The predicted octanol–water partition coefficient (Wildman–Crippen LogP) is 2.97. The Morgan fingerprint density at radius 1 is 1.43 bits per heavy atom. The van der Waals surface area contributed by atoms with Crippen LogP contribution in [0.15, 0.2) is 24.3 Å². The molecule has 4 nitrogen and oxygen atoms in total. The first-order chi connectivity index (χ1) is 10.7. The molecule has 0 aromatic heterocycles. The van der Waals surface area contributed by atoms with E-state index in [-0.39, 0.29) is 36.5 Å². The zero-order chi connectivity index (χ0) is 17.2. The second-order valence-corrected chi connectivity index (χ2v) is 5.77. The van der Waals surface area contributed by atoms with Crippen molar-refractivity contribution in [2.75, 3.05) is 11.4 Å². The van der Waals surface area contributed by atoms with Gasteiger partial charge in [0.2, 0.25) is 11.8 Å². The van der Waals surface area contributed by atoms with E-state index >= 15 is 0 Å². The van der Waals surface area contributed by atoms with E-state index in [0.717, 1.165) is 18.6 Å². The molecule has 0 bridgehead atoms. The molecular formula is C16H19F3N2O2. The number of halogens is 3. The Hall–Kier alpha value is -2.05. The number of nitrogens with zero attached hydrogens (tertiary/aromatic N) is 1. The van der Waals surface area contributed by atoms with Gasteiger partial charge < -0.3 is 10.2 Å². The number of alkyl halides is 3. The third kappa shape index (κ3) is 4.03. The molecule has 2 atom stereocenters. The molecular weight excluding hydrogens is 309 g/mol. The average molecular weight is 328 g/mol. The molecule has 7 heteroatoms. The summed E-state index contributed by atoms with van der Waals surface area (Å²) in [7, 11) is 0. The fourth-order valence-electron chi connectivity index (χ4n) is 2.45. The second kappa shape index (κ2) is 6.60. The fourth-order valence-corrected chi connectivity index (χ4v) is 2.45. The Morgan fingerprint density at radius 2 is 2.13 bits per heavy atom. The van der Waals surface area contributed by atoms with E-state index in [1.54, 1.807) is 0 Å². The summed E-state index contributed by atoms with van der Waals surface area (Å²) in [6.07, 6.45) is -3.69. The second-order valence-electron chi connectivity index (χ2n) is 5.77. The molecule has 0 aliphatic carbocycles. The molecule has 0 saturated carbocycles. The molecule has 0 unspecified atom stereocenters. The summed E-state index contributed by atoms with van der Waals surface area (Å²) in [5.74, 6) is -1.11. The number of benzene rings is 1. The molecule has 1 aromatic rings. The lowest BCUT2D eigenvalue weighted by molar-refractivity contribution is -0.137. The molecule has 1 N–H and O–H groups in total. The number of rotatable bonds is 4. The fraction of sp³-hybridized carbons (Fsp3) is 0.500. The van der Waals surface area contributed by atoms with Crippen LogP contribution in [-0.2, 0) is 15.8 Å². The number of carbonyl (C=O) groups excluding carboxylic acids is 2. The zero-order valence-electron chi connectivity index (χ0n) is 13.0. The Balaban J connectivity index is 2.13. The molecule has 1 saturated heterocycles. The van der Waals surface area contributed by atoms with Crippen LogP contribution in [0.1, 0.15) is 32.3 Å². The van der Waals surface area contributed by atoms with Gasteiger partial charge in [-0.3, -0.25) is 9.59 Å². The summed E-state index contributed by atoms with van der Waals surface area (Å²) in [5, 5.41) is 2.80. The molecule has 23 heavy (non-hydrogen) atoms. The van der Waals surface area contributed by atoms with Crippen LogP contribution in [0.3, 0.4) is 0 Å². The van der Waals surface area contributed by atoms with E-state index in [4.69, 9.17) is 0 Å². The number of amides is 2. The number of carbonyl (C=O) groups is 2. The van der Waals surface area contributed by atoms with Crippen LogP contribution in [0.5, 0.6) is 0 Å². The number of hydrogen-bond donors (Lipinski definition) is 1. The molecule has 1 fully saturated rings. The Kier molecular flexibility index (Phi) is 4.97. The van der Waals surface area contributed by atoms with Gasteiger partial charge in [-0.2, -0.15) is 13.2 Å².